The second kappa shape index (κ2) is 3.91. The number of nitrogens with zero attached hydrogens (tertiary/aromatic N) is 3. The zero-order valence-electron chi connectivity index (χ0n) is 8.01. The molecule has 0 fully saturated rings. The highest BCUT2D eigenvalue weighted by Crippen LogP contribution is 2.02. The number of pyridine rings is 1. The van der Waals surface area contributed by atoms with E-state index in [2.05, 4.69) is 15.3 Å². The molecule has 0 bridgehead atoms. The van der Waals surface area contributed by atoms with Crippen LogP contribution in [0, 0.1) is 0 Å². The molecular weight excluding hydrogens is 176 g/mol. The number of aryl methyl sites for hydroxylation is 1. The highest BCUT2D eigenvalue weighted by atomic mass is 15.0. The summed E-state index contributed by atoms with van der Waals surface area (Å²) in [5.74, 6) is 0.873. The van der Waals surface area contributed by atoms with E-state index >= 15 is 0 Å². The van der Waals surface area contributed by atoms with Gasteiger partial charge in [0.1, 0.15) is 5.82 Å². The van der Waals surface area contributed by atoms with Crippen LogP contribution in [-0.4, -0.2) is 14.5 Å². The Hall–Kier alpha value is -1.84. The topological polar surface area (TPSA) is 42.7 Å². The van der Waals surface area contributed by atoms with Crippen LogP contribution in [0.2, 0.25) is 0 Å². The lowest BCUT2D eigenvalue weighted by Gasteiger charge is -2.01. The van der Waals surface area contributed by atoms with Crippen LogP contribution in [0.3, 0.4) is 0 Å². The molecule has 2 heterocycles. The van der Waals surface area contributed by atoms with E-state index in [1.165, 1.54) is 0 Å². The largest absolute Gasteiger partial charge is 0.364 e. The van der Waals surface area contributed by atoms with E-state index in [1.807, 2.05) is 36.0 Å². The van der Waals surface area contributed by atoms with Crippen molar-refractivity contribution in [2.45, 2.75) is 6.54 Å². The maximum Gasteiger partial charge on any atom is 0.126 e. The first-order chi connectivity index (χ1) is 6.84. The summed E-state index contributed by atoms with van der Waals surface area (Å²) in [6.07, 6.45) is 5.53. The van der Waals surface area contributed by atoms with Crippen molar-refractivity contribution in [3.05, 3.63) is 42.6 Å². The van der Waals surface area contributed by atoms with Gasteiger partial charge in [-0.1, -0.05) is 6.07 Å². The van der Waals surface area contributed by atoms with E-state index in [0.717, 1.165) is 11.5 Å². The van der Waals surface area contributed by atoms with Crippen molar-refractivity contribution in [3.63, 3.8) is 0 Å². The monoisotopic (exact) mass is 188 g/mol. The zero-order valence-corrected chi connectivity index (χ0v) is 8.01. The molecule has 2 aromatic rings. The zero-order chi connectivity index (χ0) is 9.80. The fourth-order valence-corrected chi connectivity index (χ4v) is 1.21. The predicted octanol–water partition coefficient (Wildman–Crippen LogP) is 1.43. The molecule has 1 N–H and O–H groups in total. The van der Waals surface area contributed by atoms with Gasteiger partial charge in [0, 0.05) is 19.4 Å². The van der Waals surface area contributed by atoms with Crippen molar-refractivity contribution < 1.29 is 0 Å². The Morgan fingerprint density at radius 2 is 2.29 bits per heavy atom. The molecule has 2 aromatic heterocycles. The fourth-order valence-electron chi connectivity index (χ4n) is 1.21. The van der Waals surface area contributed by atoms with E-state index in [0.29, 0.717) is 6.54 Å². The van der Waals surface area contributed by atoms with Gasteiger partial charge in [0.15, 0.2) is 0 Å². The molecule has 0 saturated heterocycles. The molecule has 0 saturated carbocycles. The number of nitrogens with one attached hydrogen (secondary N) is 1. The number of rotatable bonds is 3. The Bertz CT molecular complexity index is 394. The van der Waals surface area contributed by atoms with Gasteiger partial charge < -0.3 is 9.88 Å². The Morgan fingerprint density at radius 3 is 2.93 bits per heavy atom. The van der Waals surface area contributed by atoms with E-state index in [9.17, 15) is 0 Å². The molecule has 72 valence electrons. The van der Waals surface area contributed by atoms with Gasteiger partial charge in [-0.2, -0.15) is 0 Å². The lowest BCUT2D eigenvalue weighted by molar-refractivity contribution is 0.912. The molecule has 0 aromatic carbocycles. The fraction of sp³-hybridized carbons (Fsp3) is 0.200. The molecule has 0 aliphatic carbocycles. The smallest absolute Gasteiger partial charge is 0.126 e. The summed E-state index contributed by atoms with van der Waals surface area (Å²) in [4.78, 5) is 8.36. The van der Waals surface area contributed by atoms with E-state index < -0.39 is 0 Å². The van der Waals surface area contributed by atoms with Gasteiger partial charge in [0.2, 0.25) is 0 Å². The lowest BCUT2D eigenvalue weighted by Crippen LogP contribution is -2.00. The minimum absolute atomic E-state index is 0.706. The van der Waals surface area contributed by atoms with Crippen molar-refractivity contribution in [1.29, 1.82) is 0 Å². The molecule has 2 rings (SSSR count). The Balaban J connectivity index is 1.95. The van der Waals surface area contributed by atoms with Gasteiger partial charge in [-0.15, -0.1) is 0 Å². The minimum Gasteiger partial charge on any atom is -0.364 e. The third kappa shape index (κ3) is 2.10. The van der Waals surface area contributed by atoms with Crippen LogP contribution in [0.15, 0.2) is 36.9 Å². The average molecular weight is 188 g/mol. The normalized spacial score (nSPS) is 10.1. The van der Waals surface area contributed by atoms with Crippen LogP contribution < -0.4 is 5.32 Å². The summed E-state index contributed by atoms with van der Waals surface area (Å²) in [6.45, 7) is 0.706. The van der Waals surface area contributed by atoms with Gasteiger partial charge in [0.05, 0.1) is 18.6 Å². The quantitative estimate of drug-likeness (QED) is 0.792. The van der Waals surface area contributed by atoms with Gasteiger partial charge in [-0.05, 0) is 12.1 Å². The second-order valence-corrected chi connectivity index (χ2v) is 3.10. The third-order valence-electron chi connectivity index (χ3n) is 1.87. The first kappa shape index (κ1) is 8.74. The molecule has 0 unspecified atom stereocenters. The first-order valence-corrected chi connectivity index (χ1v) is 4.46. The summed E-state index contributed by atoms with van der Waals surface area (Å²) >= 11 is 0. The second-order valence-electron chi connectivity index (χ2n) is 3.10. The van der Waals surface area contributed by atoms with Crippen molar-refractivity contribution in [2.24, 2.45) is 7.05 Å². The molecule has 0 spiro atoms. The third-order valence-corrected chi connectivity index (χ3v) is 1.87. The van der Waals surface area contributed by atoms with Crippen molar-refractivity contribution in [3.8, 4) is 0 Å². The Morgan fingerprint density at radius 1 is 1.36 bits per heavy atom. The maximum absolute atomic E-state index is 4.20. The molecule has 0 radical (unpaired) electrons. The summed E-state index contributed by atoms with van der Waals surface area (Å²) in [7, 11) is 1.96. The molecule has 0 amide bonds. The average Bonchev–Trinajstić information content (AvgIpc) is 2.63. The van der Waals surface area contributed by atoms with Crippen LogP contribution in [-0.2, 0) is 13.6 Å². The van der Waals surface area contributed by atoms with E-state index in [-0.39, 0.29) is 0 Å². The van der Waals surface area contributed by atoms with Gasteiger partial charge in [-0.3, -0.25) is 0 Å². The first-order valence-electron chi connectivity index (χ1n) is 4.46. The van der Waals surface area contributed by atoms with Crippen molar-refractivity contribution >= 4 is 5.82 Å². The predicted molar refractivity (Wildman–Crippen MR) is 54.8 cm³/mol. The van der Waals surface area contributed by atoms with Crippen LogP contribution >= 0.6 is 0 Å². The van der Waals surface area contributed by atoms with Crippen LogP contribution in [0.25, 0.3) is 0 Å². The lowest BCUT2D eigenvalue weighted by atomic mass is 10.4. The molecular formula is C10H12N4. The van der Waals surface area contributed by atoms with Crippen LogP contribution in [0.1, 0.15) is 5.69 Å². The van der Waals surface area contributed by atoms with Crippen LogP contribution in [0.4, 0.5) is 5.82 Å². The highest BCUT2D eigenvalue weighted by molar-refractivity contribution is 5.33. The Labute approximate surface area is 82.6 Å². The number of hydrogen-bond donors (Lipinski definition) is 1. The number of aromatic nitrogens is 3. The SMILES string of the molecule is Cn1cnc(CNc2ccccn2)c1. The van der Waals surface area contributed by atoms with E-state index in [4.69, 9.17) is 0 Å². The van der Waals surface area contributed by atoms with Crippen molar-refractivity contribution in [2.75, 3.05) is 5.32 Å². The summed E-state index contributed by atoms with van der Waals surface area (Å²) in [6, 6.07) is 5.78. The molecule has 14 heavy (non-hydrogen) atoms. The number of anilines is 1. The van der Waals surface area contributed by atoms with E-state index in [1.54, 1.807) is 12.5 Å². The summed E-state index contributed by atoms with van der Waals surface area (Å²) < 4.78 is 1.93. The van der Waals surface area contributed by atoms with Gasteiger partial charge in [-0.25, -0.2) is 9.97 Å². The summed E-state index contributed by atoms with van der Waals surface area (Å²) in [5, 5.41) is 3.19. The van der Waals surface area contributed by atoms with Gasteiger partial charge in [0.25, 0.3) is 0 Å². The molecule has 0 aliphatic heterocycles. The van der Waals surface area contributed by atoms with Crippen LogP contribution in [0.5, 0.6) is 0 Å². The summed E-state index contributed by atoms with van der Waals surface area (Å²) in [5.41, 5.74) is 1.01. The Kier molecular flexibility index (Phi) is 2.44. The molecule has 4 nitrogen and oxygen atoms in total. The number of imidazole rings is 1. The van der Waals surface area contributed by atoms with Gasteiger partial charge >= 0.3 is 0 Å². The highest BCUT2D eigenvalue weighted by Gasteiger charge is 1.96. The maximum atomic E-state index is 4.20. The van der Waals surface area contributed by atoms with Crippen molar-refractivity contribution in [1.82, 2.24) is 14.5 Å². The molecule has 0 atom stereocenters. The minimum atomic E-state index is 0.706. The standard InChI is InChI=1S/C10H12N4/c1-14-7-9(13-8-14)6-12-10-4-2-3-5-11-10/h2-5,7-8H,6H2,1H3,(H,11,12). The number of hydrogen-bond acceptors (Lipinski definition) is 3. The molecule has 4 heteroatoms. The molecule has 0 aliphatic rings.